The Balaban J connectivity index is 2.27. The van der Waals surface area contributed by atoms with Crippen molar-refractivity contribution in [3.63, 3.8) is 0 Å². The van der Waals surface area contributed by atoms with Crippen LogP contribution in [0.3, 0.4) is 0 Å². The predicted octanol–water partition coefficient (Wildman–Crippen LogP) is 4.44. The molecule has 0 unspecified atom stereocenters. The van der Waals surface area contributed by atoms with E-state index in [1.807, 2.05) is 0 Å². The van der Waals surface area contributed by atoms with Crippen LogP contribution in [0.25, 0.3) is 0 Å². The van der Waals surface area contributed by atoms with Gasteiger partial charge in [-0.15, -0.1) is 0 Å². The highest BCUT2D eigenvalue weighted by Gasteiger charge is 2.30. The molecule has 2 aliphatic carbocycles. The van der Waals surface area contributed by atoms with E-state index in [-0.39, 0.29) is 22.7 Å². The number of hydrogen-bond donors (Lipinski definition) is 0. The molecule has 0 aliphatic heterocycles. The summed E-state index contributed by atoms with van der Waals surface area (Å²) in [4.78, 5) is 0.355. The zero-order valence-corrected chi connectivity index (χ0v) is 13.5. The van der Waals surface area contributed by atoms with Crippen LogP contribution in [0.1, 0.15) is 12.8 Å². The van der Waals surface area contributed by atoms with Crippen molar-refractivity contribution in [2.75, 3.05) is 0 Å². The summed E-state index contributed by atoms with van der Waals surface area (Å²) in [7, 11) is -3.57. The Bertz CT molecular complexity index is 562. The molecular formula is C12H10Cl4O2S. The fraction of sp³-hybridized carbons (Fsp3) is 0.333. The summed E-state index contributed by atoms with van der Waals surface area (Å²) >= 11 is 23.5. The van der Waals surface area contributed by atoms with Crippen LogP contribution in [-0.2, 0) is 9.84 Å². The first-order valence-corrected chi connectivity index (χ1v) is 8.41. The van der Waals surface area contributed by atoms with Gasteiger partial charge in [-0.25, -0.2) is 8.42 Å². The Kier molecular flexibility index (Phi) is 4.17. The molecule has 2 nitrogen and oxygen atoms in total. The van der Waals surface area contributed by atoms with Crippen LogP contribution in [0, 0.1) is 0 Å². The van der Waals surface area contributed by atoms with E-state index in [1.165, 1.54) is 36.5 Å². The van der Waals surface area contributed by atoms with Crippen molar-refractivity contribution in [1.82, 2.24) is 0 Å². The molecule has 0 amide bonds. The van der Waals surface area contributed by atoms with Crippen molar-refractivity contribution in [2.24, 2.45) is 0 Å². The number of allylic oxidation sites excluding steroid dienone is 6. The lowest BCUT2D eigenvalue weighted by atomic mass is 10.2. The van der Waals surface area contributed by atoms with Crippen molar-refractivity contribution in [2.45, 2.75) is 21.5 Å². The van der Waals surface area contributed by atoms with Gasteiger partial charge in [0.15, 0.2) is 0 Å². The van der Waals surface area contributed by atoms with E-state index in [0.717, 1.165) is 0 Å². The number of alkyl halides is 4. The van der Waals surface area contributed by atoms with Crippen molar-refractivity contribution in [3.05, 3.63) is 46.3 Å². The van der Waals surface area contributed by atoms with E-state index >= 15 is 0 Å². The molecule has 0 saturated carbocycles. The molecule has 0 aromatic rings. The Hall–Kier alpha value is 0.0700. The van der Waals surface area contributed by atoms with Gasteiger partial charge in [0.1, 0.15) is 8.67 Å². The highest BCUT2D eigenvalue weighted by Crippen LogP contribution is 2.37. The van der Waals surface area contributed by atoms with Crippen molar-refractivity contribution >= 4 is 56.2 Å². The SMILES string of the molecule is O=S(=O)(C1=CCC(Cl)(Cl)C=C1)C1=CCC(Cl)(Cl)C=C1. The summed E-state index contributed by atoms with van der Waals surface area (Å²) < 4.78 is 22.6. The fourth-order valence-corrected chi connectivity index (χ4v) is 3.62. The summed E-state index contributed by atoms with van der Waals surface area (Å²) in [5.41, 5.74) is 0. The van der Waals surface area contributed by atoms with Crippen molar-refractivity contribution in [1.29, 1.82) is 0 Å². The van der Waals surface area contributed by atoms with Gasteiger partial charge in [-0.05, 0) is 24.3 Å². The molecular weight excluding hydrogens is 350 g/mol. The topological polar surface area (TPSA) is 34.1 Å². The lowest BCUT2D eigenvalue weighted by Crippen LogP contribution is -2.17. The van der Waals surface area contributed by atoms with E-state index in [9.17, 15) is 8.42 Å². The average Bonchev–Trinajstić information content (AvgIpc) is 2.27. The second-order valence-corrected chi connectivity index (χ2v) is 9.35. The molecule has 0 bridgehead atoms. The third kappa shape index (κ3) is 3.59. The maximum Gasteiger partial charge on any atom is 0.205 e. The van der Waals surface area contributed by atoms with Crippen LogP contribution in [0.4, 0.5) is 0 Å². The smallest absolute Gasteiger partial charge is 0.205 e. The molecule has 0 fully saturated rings. The largest absolute Gasteiger partial charge is 0.219 e. The molecule has 0 aromatic heterocycles. The standard InChI is InChI=1S/C12H10Cl4O2S/c13-11(14)5-1-9(2-6-11)19(17,18)10-3-7-12(15,16)8-4-10/h1-5,7H,6,8H2. The third-order valence-electron chi connectivity index (χ3n) is 2.75. The van der Waals surface area contributed by atoms with E-state index < -0.39 is 18.5 Å². The van der Waals surface area contributed by atoms with Gasteiger partial charge in [-0.3, -0.25) is 0 Å². The minimum Gasteiger partial charge on any atom is -0.219 e. The van der Waals surface area contributed by atoms with Crippen LogP contribution in [0.15, 0.2) is 46.3 Å². The quantitative estimate of drug-likeness (QED) is 0.683. The summed E-state index contributed by atoms with van der Waals surface area (Å²) in [5.74, 6) is 0. The number of rotatable bonds is 2. The average molecular weight is 360 g/mol. The van der Waals surface area contributed by atoms with Crippen LogP contribution in [-0.4, -0.2) is 17.1 Å². The Morgan fingerprint density at radius 3 is 1.47 bits per heavy atom. The molecule has 0 heterocycles. The highest BCUT2D eigenvalue weighted by molar-refractivity contribution is 7.99. The van der Waals surface area contributed by atoms with E-state index in [1.54, 1.807) is 0 Å². The molecule has 2 rings (SSSR count). The Morgan fingerprint density at radius 2 is 1.21 bits per heavy atom. The highest BCUT2D eigenvalue weighted by atomic mass is 35.5. The van der Waals surface area contributed by atoms with E-state index in [0.29, 0.717) is 0 Å². The number of sulfone groups is 1. The zero-order valence-electron chi connectivity index (χ0n) is 9.61. The number of hydrogen-bond acceptors (Lipinski definition) is 2. The summed E-state index contributed by atoms with van der Waals surface area (Å²) in [6, 6.07) is 0. The first-order valence-electron chi connectivity index (χ1n) is 5.42. The first kappa shape index (κ1) is 15.5. The van der Waals surface area contributed by atoms with Gasteiger partial charge in [-0.2, -0.15) is 0 Å². The van der Waals surface area contributed by atoms with Gasteiger partial charge in [0.05, 0.1) is 9.81 Å². The van der Waals surface area contributed by atoms with Crippen LogP contribution >= 0.6 is 46.4 Å². The van der Waals surface area contributed by atoms with E-state index in [2.05, 4.69) is 0 Å². The molecule has 19 heavy (non-hydrogen) atoms. The second-order valence-electron chi connectivity index (χ2n) is 4.31. The maximum absolute atomic E-state index is 12.4. The lowest BCUT2D eigenvalue weighted by molar-refractivity contribution is 0.608. The molecule has 0 N–H and O–H groups in total. The second kappa shape index (κ2) is 5.12. The molecule has 0 radical (unpaired) electrons. The molecule has 0 spiro atoms. The Morgan fingerprint density at radius 1 is 0.842 bits per heavy atom. The Labute approximate surface area is 132 Å². The van der Waals surface area contributed by atoms with E-state index in [4.69, 9.17) is 46.4 Å². The van der Waals surface area contributed by atoms with Gasteiger partial charge >= 0.3 is 0 Å². The molecule has 2 aliphatic rings. The van der Waals surface area contributed by atoms with Gasteiger partial charge in [0.25, 0.3) is 0 Å². The maximum atomic E-state index is 12.4. The first-order chi connectivity index (χ1) is 8.62. The predicted molar refractivity (Wildman–Crippen MR) is 81.5 cm³/mol. The summed E-state index contributed by atoms with van der Waals surface area (Å²) in [6.07, 6.45) is 9.25. The zero-order chi connectivity index (χ0) is 14.3. The van der Waals surface area contributed by atoms with Gasteiger partial charge in [0, 0.05) is 12.8 Å². The van der Waals surface area contributed by atoms with Crippen LogP contribution in [0.5, 0.6) is 0 Å². The van der Waals surface area contributed by atoms with Crippen molar-refractivity contribution in [3.8, 4) is 0 Å². The number of halogens is 4. The van der Waals surface area contributed by atoms with Gasteiger partial charge in [-0.1, -0.05) is 58.6 Å². The van der Waals surface area contributed by atoms with Gasteiger partial charge < -0.3 is 0 Å². The molecule has 0 atom stereocenters. The van der Waals surface area contributed by atoms with Crippen LogP contribution < -0.4 is 0 Å². The molecule has 0 aromatic carbocycles. The minimum atomic E-state index is -3.57. The van der Waals surface area contributed by atoms with Crippen LogP contribution in [0.2, 0.25) is 0 Å². The molecule has 104 valence electrons. The molecule has 0 saturated heterocycles. The summed E-state index contributed by atoms with van der Waals surface area (Å²) in [5, 5.41) is 0. The van der Waals surface area contributed by atoms with Crippen molar-refractivity contribution < 1.29 is 8.42 Å². The minimum absolute atomic E-state index is 0.178. The van der Waals surface area contributed by atoms with Gasteiger partial charge in [0.2, 0.25) is 9.84 Å². The summed E-state index contributed by atoms with van der Waals surface area (Å²) in [6.45, 7) is 0. The lowest BCUT2D eigenvalue weighted by Gasteiger charge is -2.21. The molecule has 7 heteroatoms. The third-order valence-corrected chi connectivity index (χ3v) is 5.72. The monoisotopic (exact) mass is 358 g/mol. The normalized spacial score (nSPS) is 24.8. The fourth-order valence-electron chi connectivity index (χ4n) is 1.69.